The monoisotopic (exact) mass is 693 g/mol. The predicted octanol–water partition coefficient (Wildman–Crippen LogP) is 4.24. The molecule has 1 fully saturated rings. The van der Waals surface area contributed by atoms with Crippen molar-refractivity contribution in [3.05, 3.63) is 55.6 Å². The van der Waals surface area contributed by atoms with Crippen molar-refractivity contribution < 1.29 is 58.5 Å². The highest BCUT2D eigenvalue weighted by molar-refractivity contribution is 5.93. The number of hydrogen-bond acceptors (Lipinski definition) is 14. The summed E-state index contributed by atoms with van der Waals surface area (Å²) in [7, 11) is 2.71. The second-order valence-corrected chi connectivity index (χ2v) is 11.2. The number of nitrogens with zero attached hydrogens (tertiary/aromatic N) is 3. The zero-order valence-corrected chi connectivity index (χ0v) is 27.9. The lowest BCUT2D eigenvalue weighted by atomic mass is 10.00. The summed E-state index contributed by atoms with van der Waals surface area (Å²) in [6.07, 6.45) is 2.89. The van der Waals surface area contributed by atoms with E-state index >= 15 is 0 Å². The number of ether oxygens (including phenoxy) is 4. The molecule has 3 rings (SSSR count). The molecule has 0 bridgehead atoms. The molecule has 1 unspecified atom stereocenters. The van der Waals surface area contributed by atoms with Crippen LogP contribution in [0.5, 0.6) is 23.0 Å². The number of methoxy groups -OCH3 is 2. The Bertz CT molecular complexity index is 1480. The maximum Gasteiger partial charge on any atom is 0.342 e. The van der Waals surface area contributed by atoms with Crippen LogP contribution >= 0.6 is 0 Å². The highest BCUT2D eigenvalue weighted by Gasteiger charge is 2.33. The van der Waals surface area contributed by atoms with Crippen molar-refractivity contribution in [3.63, 3.8) is 0 Å². The first-order valence-corrected chi connectivity index (χ1v) is 15.5. The number of aliphatic hydroxyl groups excluding tert-OH is 2. The average Bonchev–Trinajstić information content (AvgIpc) is 3.07. The number of carboxylic acids is 1. The zero-order valence-electron chi connectivity index (χ0n) is 27.9. The van der Waals surface area contributed by atoms with E-state index in [9.17, 15) is 44.8 Å². The Morgan fingerprint density at radius 2 is 1.37 bits per heavy atom. The van der Waals surface area contributed by atoms with Crippen molar-refractivity contribution in [2.75, 3.05) is 40.6 Å². The Morgan fingerprint density at radius 3 is 1.82 bits per heavy atom. The third kappa shape index (κ3) is 12.0. The van der Waals surface area contributed by atoms with Crippen LogP contribution in [-0.4, -0.2) is 94.2 Å². The number of carbonyl (C=O) groups excluding carboxylic acids is 2. The summed E-state index contributed by atoms with van der Waals surface area (Å²) < 4.78 is 21.2. The molecule has 2 aromatic rings. The van der Waals surface area contributed by atoms with E-state index in [0.29, 0.717) is 32.2 Å². The number of nitro groups is 2. The Hall–Kier alpha value is -4.87. The minimum Gasteiger partial charge on any atom is -0.493 e. The number of aliphatic hydroxyl groups is 2. The predicted molar refractivity (Wildman–Crippen MR) is 173 cm³/mol. The van der Waals surface area contributed by atoms with Crippen LogP contribution in [-0.2, 0) is 9.59 Å². The molecule has 0 amide bonds. The van der Waals surface area contributed by atoms with Gasteiger partial charge >= 0.3 is 5.97 Å². The molecular formula is C32H43N3O14. The molecule has 0 saturated carbocycles. The summed E-state index contributed by atoms with van der Waals surface area (Å²) in [5, 5.41) is 51.9. The Kier molecular flexibility index (Phi) is 16.3. The number of piperidine rings is 1. The van der Waals surface area contributed by atoms with Gasteiger partial charge in [-0.1, -0.05) is 6.42 Å². The smallest absolute Gasteiger partial charge is 0.342 e. The van der Waals surface area contributed by atoms with Gasteiger partial charge in [-0.25, -0.2) is 4.79 Å². The highest BCUT2D eigenvalue weighted by Crippen LogP contribution is 2.40. The lowest BCUT2D eigenvalue weighted by Gasteiger charge is -2.37. The number of rotatable bonds is 18. The first-order chi connectivity index (χ1) is 23.2. The number of carboxylic acid groups (broad SMARTS) is 1. The van der Waals surface area contributed by atoms with E-state index in [0.717, 1.165) is 31.4 Å². The number of benzene rings is 2. The van der Waals surface area contributed by atoms with E-state index in [4.69, 9.17) is 24.1 Å². The van der Waals surface area contributed by atoms with Gasteiger partial charge in [0, 0.05) is 31.5 Å². The van der Waals surface area contributed by atoms with Crippen molar-refractivity contribution >= 4 is 28.9 Å². The van der Waals surface area contributed by atoms with Gasteiger partial charge in [-0.05, 0) is 45.6 Å². The highest BCUT2D eigenvalue weighted by atomic mass is 16.6. The summed E-state index contributed by atoms with van der Waals surface area (Å²) in [4.78, 5) is 55.7. The van der Waals surface area contributed by atoms with E-state index in [1.807, 2.05) is 0 Å². The number of Topliss-reactive ketones (excluding diaryl/α,β-unsaturated/α-hetero) is 2. The molecule has 2 atom stereocenters. The van der Waals surface area contributed by atoms with Gasteiger partial charge in [0.25, 0.3) is 11.4 Å². The number of nitro benzene ring substituents is 2. The largest absolute Gasteiger partial charge is 0.493 e. The second-order valence-electron chi connectivity index (χ2n) is 11.2. The average molecular weight is 694 g/mol. The quantitative estimate of drug-likeness (QED) is 0.112. The molecule has 0 spiro atoms. The van der Waals surface area contributed by atoms with Crippen molar-refractivity contribution in [3.8, 4) is 23.0 Å². The van der Waals surface area contributed by atoms with E-state index < -0.39 is 33.3 Å². The standard InChI is InChI=1S/C19H28N2O7.C13H15NO7/c1-13(23)6-5-9-28-18-11-16(21(25)26)15(10-17(18)27-2)19(24)20-8-4-3-7-14(20)12-22;1-8(15)4-3-5-21-12-7-10(14(18)19)9(13(16)17)6-11(12)20-2/h10-11,14,19,22,24H,3-9,12H2,1-2H3;6-7H,3-5H2,1-2H3,(H,16,17)/t14-,19?;/m0./s1. The fourth-order valence-corrected chi connectivity index (χ4v) is 5.07. The number of hydrogen-bond donors (Lipinski definition) is 3. The SMILES string of the molecule is COc1cc(C(=O)O)c([N+](=O)[O-])cc1OCCCC(C)=O.COc1cc(C(O)N2CCCC[C@H]2CO)c([N+](=O)[O-])cc1OCCCC(C)=O. The molecule has 0 aliphatic carbocycles. The number of carbonyl (C=O) groups is 3. The molecule has 1 aliphatic rings. The summed E-state index contributed by atoms with van der Waals surface area (Å²) in [5.74, 6) is -0.773. The maximum atomic E-state index is 11.6. The van der Waals surface area contributed by atoms with E-state index in [-0.39, 0.29) is 71.7 Å². The van der Waals surface area contributed by atoms with Gasteiger partial charge in [-0.15, -0.1) is 0 Å². The summed E-state index contributed by atoms with van der Waals surface area (Å²) in [6.45, 7) is 3.73. The van der Waals surface area contributed by atoms with Crippen molar-refractivity contribution in [1.29, 1.82) is 0 Å². The Morgan fingerprint density at radius 1 is 0.857 bits per heavy atom. The topological polar surface area (TPSA) is 238 Å². The molecule has 1 heterocycles. The van der Waals surface area contributed by atoms with Gasteiger partial charge in [-0.3, -0.25) is 25.1 Å². The van der Waals surface area contributed by atoms with Gasteiger partial charge < -0.3 is 43.9 Å². The van der Waals surface area contributed by atoms with Crippen LogP contribution in [0.3, 0.4) is 0 Å². The molecule has 0 aromatic heterocycles. The molecule has 49 heavy (non-hydrogen) atoms. The lowest BCUT2D eigenvalue weighted by Crippen LogP contribution is -2.44. The van der Waals surface area contributed by atoms with Crippen LogP contribution in [0, 0.1) is 20.2 Å². The number of aromatic carboxylic acids is 1. The van der Waals surface area contributed by atoms with Crippen LogP contribution in [0.25, 0.3) is 0 Å². The van der Waals surface area contributed by atoms with E-state index in [2.05, 4.69) is 0 Å². The van der Waals surface area contributed by atoms with Crippen molar-refractivity contribution in [2.45, 2.75) is 71.1 Å². The molecule has 3 N–H and O–H groups in total. The van der Waals surface area contributed by atoms with Crippen LogP contribution in [0.1, 0.15) is 80.9 Å². The fourth-order valence-electron chi connectivity index (χ4n) is 5.07. The summed E-state index contributed by atoms with van der Waals surface area (Å²) >= 11 is 0. The van der Waals surface area contributed by atoms with Gasteiger partial charge in [0.2, 0.25) is 0 Å². The minimum atomic E-state index is -1.43. The number of ketones is 2. The van der Waals surface area contributed by atoms with Crippen LogP contribution in [0.4, 0.5) is 11.4 Å². The summed E-state index contributed by atoms with van der Waals surface area (Å²) in [5.41, 5.74) is -1.24. The molecule has 17 heteroatoms. The first-order valence-electron chi connectivity index (χ1n) is 15.5. The number of likely N-dealkylation sites (tertiary alicyclic amines) is 1. The van der Waals surface area contributed by atoms with Crippen molar-refractivity contribution in [1.82, 2.24) is 4.90 Å². The van der Waals surface area contributed by atoms with Crippen LogP contribution < -0.4 is 18.9 Å². The van der Waals surface area contributed by atoms with Gasteiger partial charge in [0.05, 0.1) is 61.6 Å². The molecule has 1 saturated heterocycles. The molecule has 0 radical (unpaired) electrons. The van der Waals surface area contributed by atoms with E-state index in [1.165, 1.54) is 40.2 Å². The van der Waals surface area contributed by atoms with Crippen molar-refractivity contribution in [2.24, 2.45) is 0 Å². The maximum absolute atomic E-state index is 11.6. The van der Waals surface area contributed by atoms with Crippen LogP contribution in [0.15, 0.2) is 24.3 Å². The molecule has 270 valence electrons. The normalized spacial score (nSPS) is 14.9. The van der Waals surface area contributed by atoms with E-state index in [1.54, 1.807) is 4.90 Å². The molecule has 1 aliphatic heterocycles. The van der Waals surface area contributed by atoms with Gasteiger partial charge in [0.1, 0.15) is 23.4 Å². The molecular weight excluding hydrogens is 650 g/mol. The van der Waals surface area contributed by atoms with Gasteiger partial charge in [-0.2, -0.15) is 0 Å². The van der Waals surface area contributed by atoms with Gasteiger partial charge in [0.15, 0.2) is 23.0 Å². The third-order valence-corrected chi connectivity index (χ3v) is 7.56. The third-order valence-electron chi connectivity index (χ3n) is 7.56. The zero-order chi connectivity index (χ0) is 36.7. The lowest BCUT2D eigenvalue weighted by molar-refractivity contribution is -0.386. The Balaban J connectivity index is 0.000000355. The summed E-state index contributed by atoms with van der Waals surface area (Å²) in [6, 6.07) is 4.45. The van der Waals surface area contributed by atoms with Crippen LogP contribution in [0.2, 0.25) is 0 Å². The molecule has 17 nitrogen and oxygen atoms in total. The minimum absolute atomic E-state index is 0.0118. The Labute approximate surface area is 282 Å². The molecule has 2 aromatic carbocycles. The second kappa shape index (κ2) is 19.8. The first kappa shape index (κ1) is 40.3. The fraction of sp³-hybridized carbons (Fsp3) is 0.531.